The van der Waals surface area contributed by atoms with Crippen molar-refractivity contribution in [1.82, 2.24) is 9.97 Å². The van der Waals surface area contributed by atoms with Crippen LogP contribution in [0.25, 0.3) is 0 Å². The van der Waals surface area contributed by atoms with Gasteiger partial charge in [0.05, 0.1) is 0 Å². The average molecular weight is 640 g/mol. The number of aryl methyl sites for hydroxylation is 2. The monoisotopic (exact) mass is 638 g/mol. The Bertz CT molecular complexity index is 698. The standard InChI is InChI=1S/C19H33N.C17H29N.BrH.ClH/c1-2-3-4-5-6-7-8-9-10-11-12-13-16-19-17-14-15-18-20-19;1-2-3-4-5-6-7-8-9-10-11-14-17-15-12-13-16-18-17;;/h14-15,17-18H,2-13,16H2,1H3;12-13,15-16H,2-11,14H2,1H3;2*1H. The molecule has 40 heavy (non-hydrogen) atoms. The molecule has 2 rings (SSSR count). The quantitative estimate of drug-likeness (QED) is 0.107. The van der Waals surface area contributed by atoms with Crippen LogP contribution in [0.5, 0.6) is 0 Å². The van der Waals surface area contributed by atoms with Crippen LogP contribution in [0.3, 0.4) is 0 Å². The summed E-state index contributed by atoms with van der Waals surface area (Å²) >= 11 is 0. The first-order valence-corrected chi connectivity index (χ1v) is 16.7. The van der Waals surface area contributed by atoms with Gasteiger partial charge in [0.15, 0.2) is 0 Å². The van der Waals surface area contributed by atoms with Crippen molar-refractivity contribution in [2.45, 2.75) is 168 Å². The predicted octanol–water partition coefficient (Wildman–Crippen LogP) is 12.9. The molecular formula is C36H64BrClN2. The molecule has 0 aliphatic rings. The first-order chi connectivity index (χ1) is 18.9. The first-order valence-electron chi connectivity index (χ1n) is 16.7. The van der Waals surface area contributed by atoms with Crippen LogP contribution in [0.4, 0.5) is 0 Å². The van der Waals surface area contributed by atoms with Gasteiger partial charge in [-0.25, -0.2) is 0 Å². The van der Waals surface area contributed by atoms with Crippen LogP contribution in [-0.2, 0) is 12.8 Å². The summed E-state index contributed by atoms with van der Waals surface area (Å²) in [5.74, 6) is 0. The summed E-state index contributed by atoms with van der Waals surface area (Å²) < 4.78 is 0. The van der Waals surface area contributed by atoms with Crippen molar-refractivity contribution in [2.75, 3.05) is 0 Å². The van der Waals surface area contributed by atoms with E-state index in [1.165, 1.54) is 153 Å². The fraction of sp³-hybridized carbons (Fsp3) is 0.722. The largest absolute Gasteiger partial charge is 0.261 e. The number of hydrogen-bond acceptors (Lipinski definition) is 2. The van der Waals surface area contributed by atoms with E-state index in [2.05, 4.69) is 48.1 Å². The number of aromatic nitrogens is 2. The Kier molecular flexibility index (Phi) is 35.3. The topological polar surface area (TPSA) is 25.8 Å². The molecule has 0 unspecified atom stereocenters. The second-order valence-corrected chi connectivity index (χ2v) is 11.2. The molecule has 0 fully saturated rings. The molecule has 0 atom stereocenters. The normalized spacial score (nSPS) is 10.2. The van der Waals surface area contributed by atoms with Crippen molar-refractivity contribution >= 4 is 29.4 Å². The van der Waals surface area contributed by atoms with Crippen LogP contribution >= 0.6 is 29.4 Å². The second kappa shape index (κ2) is 34.3. The second-order valence-electron chi connectivity index (χ2n) is 11.2. The summed E-state index contributed by atoms with van der Waals surface area (Å²) in [5.41, 5.74) is 2.50. The molecule has 0 saturated carbocycles. The summed E-state index contributed by atoms with van der Waals surface area (Å²) in [4.78, 5) is 8.72. The Hall–Kier alpha value is -0.930. The van der Waals surface area contributed by atoms with Crippen LogP contribution < -0.4 is 0 Å². The van der Waals surface area contributed by atoms with Crippen molar-refractivity contribution in [3.05, 3.63) is 60.2 Å². The lowest BCUT2D eigenvalue weighted by Gasteiger charge is -2.03. The summed E-state index contributed by atoms with van der Waals surface area (Å²) in [6, 6.07) is 12.4. The van der Waals surface area contributed by atoms with Crippen LogP contribution in [0.1, 0.15) is 166 Å². The van der Waals surface area contributed by atoms with Crippen LogP contribution in [0, 0.1) is 0 Å². The number of hydrogen-bond donors (Lipinski definition) is 0. The third-order valence-corrected chi connectivity index (χ3v) is 7.53. The summed E-state index contributed by atoms with van der Waals surface area (Å²) in [6.07, 6.45) is 37.1. The zero-order chi connectivity index (χ0) is 27.2. The van der Waals surface area contributed by atoms with E-state index in [4.69, 9.17) is 0 Å². The molecule has 4 heteroatoms. The van der Waals surface area contributed by atoms with E-state index in [9.17, 15) is 0 Å². The summed E-state index contributed by atoms with van der Waals surface area (Å²) in [5, 5.41) is 0. The molecule has 0 aliphatic heterocycles. The fourth-order valence-corrected chi connectivity index (χ4v) is 5.03. The van der Waals surface area contributed by atoms with Crippen molar-refractivity contribution in [3.63, 3.8) is 0 Å². The predicted molar refractivity (Wildman–Crippen MR) is 186 cm³/mol. The molecule has 2 aromatic heterocycles. The molecule has 2 heterocycles. The average Bonchev–Trinajstić information content (AvgIpc) is 2.96. The molecule has 2 aromatic rings. The summed E-state index contributed by atoms with van der Waals surface area (Å²) in [6.45, 7) is 4.56. The van der Waals surface area contributed by atoms with Gasteiger partial charge in [0.2, 0.25) is 0 Å². The fourth-order valence-electron chi connectivity index (χ4n) is 5.03. The van der Waals surface area contributed by atoms with Gasteiger partial charge in [-0.05, 0) is 49.9 Å². The molecule has 0 saturated heterocycles. The molecule has 232 valence electrons. The van der Waals surface area contributed by atoms with Crippen LogP contribution in [-0.4, -0.2) is 9.97 Å². The number of rotatable bonds is 24. The Morgan fingerprint density at radius 2 is 0.675 bits per heavy atom. The van der Waals surface area contributed by atoms with E-state index in [-0.39, 0.29) is 29.4 Å². The van der Waals surface area contributed by atoms with Gasteiger partial charge in [-0.2, -0.15) is 0 Å². The molecule has 0 bridgehead atoms. The minimum atomic E-state index is 0. The Morgan fingerprint density at radius 1 is 0.400 bits per heavy atom. The van der Waals surface area contributed by atoms with E-state index >= 15 is 0 Å². The minimum absolute atomic E-state index is 0. The SMILES string of the molecule is Br.CCCCCCCCCCCCCCc1ccccn1.CCCCCCCCCCCCc1ccccn1.Cl. The van der Waals surface area contributed by atoms with Gasteiger partial charge < -0.3 is 0 Å². The first kappa shape index (κ1) is 41.2. The zero-order valence-corrected chi connectivity index (χ0v) is 28.8. The molecule has 0 spiro atoms. The van der Waals surface area contributed by atoms with E-state index in [1.54, 1.807) is 0 Å². The maximum absolute atomic E-state index is 4.37. The highest BCUT2D eigenvalue weighted by Crippen LogP contribution is 2.13. The molecule has 0 aliphatic carbocycles. The van der Waals surface area contributed by atoms with Gasteiger partial charge in [-0.15, -0.1) is 29.4 Å². The molecular weight excluding hydrogens is 576 g/mol. The Balaban J connectivity index is 0. The van der Waals surface area contributed by atoms with Crippen LogP contribution in [0.2, 0.25) is 0 Å². The van der Waals surface area contributed by atoms with E-state index in [1.807, 2.05) is 24.5 Å². The highest BCUT2D eigenvalue weighted by molar-refractivity contribution is 8.93. The number of pyridine rings is 2. The van der Waals surface area contributed by atoms with Crippen molar-refractivity contribution < 1.29 is 0 Å². The van der Waals surface area contributed by atoms with E-state index in [0.717, 1.165) is 12.8 Å². The van der Waals surface area contributed by atoms with Gasteiger partial charge in [-0.1, -0.05) is 154 Å². The highest BCUT2D eigenvalue weighted by Gasteiger charge is 1.96. The van der Waals surface area contributed by atoms with E-state index in [0.29, 0.717) is 0 Å². The van der Waals surface area contributed by atoms with Gasteiger partial charge in [0, 0.05) is 23.8 Å². The minimum Gasteiger partial charge on any atom is -0.261 e. The third-order valence-electron chi connectivity index (χ3n) is 7.53. The van der Waals surface area contributed by atoms with E-state index < -0.39 is 0 Å². The lowest BCUT2D eigenvalue weighted by Crippen LogP contribution is -1.89. The van der Waals surface area contributed by atoms with Gasteiger partial charge in [0.25, 0.3) is 0 Å². The zero-order valence-electron chi connectivity index (χ0n) is 26.3. The number of nitrogens with zero attached hydrogens (tertiary/aromatic N) is 2. The maximum atomic E-state index is 4.37. The summed E-state index contributed by atoms with van der Waals surface area (Å²) in [7, 11) is 0. The van der Waals surface area contributed by atoms with Crippen LogP contribution in [0.15, 0.2) is 48.8 Å². The Morgan fingerprint density at radius 3 is 0.925 bits per heavy atom. The third kappa shape index (κ3) is 28.6. The highest BCUT2D eigenvalue weighted by atomic mass is 79.9. The number of unbranched alkanes of at least 4 members (excludes halogenated alkanes) is 20. The smallest absolute Gasteiger partial charge is 0.0403 e. The lowest BCUT2D eigenvalue weighted by molar-refractivity contribution is 0.543. The Labute approximate surface area is 266 Å². The van der Waals surface area contributed by atoms with Gasteiger partial charge in [-0.3, -0.25) is 9.97 Å². The van der Waals surface area contributed by atoms with Crippen molar-refractivity contribution in [3.8, 4) is 0 Å². The molecule has 0 radical (unpaired) electrons. The maximum Gasteiger partial charge on any atom is 0.0403 e. The molecule has 0 aromatic carbocycles. The molecule has 0 N–H and O–H groups in total. The van der Waals surface area contributed by atoms with Gasteiger partial charge in [0.1, 0.15) is 0 Å². The van der Waals surface area contributed by atoms with Gasteiger partial charge >= 0.3 is 0 Å². The number of halogens is 2. The lowest BCUT2D eigenvalue weighted by atomic mass is 10.0. The van der Waals surface area contributed by atoms with Crippen molar-refractivity contribution in [1.29, 1.82) is 0 Å². The molecule has 0 amide bonds. The van der Waals surface area contributed by atoms with Crippen molar-refractivity contribution in [2.24, 2.45) is 0 Å². The molecule has 2 nitrogen and oxygen atoms in total.